The zero-order chi connectivity index (χ0) is 19.5. The number of aliphatic hydroxyl groups excluding tert-OH is 1. The minimum Gasteiger partial charge on any atom is -0.395 e. The third kappa shape index (κ3) is 2.83. The number of aromatic nitrogens is 2. The number of ether oxygens (including phenoxy) is 1. The number of para-hydroxylation sites is 2. The number of anilines is 1. The van der Waals surface area contributed by atoms with Gasteiger partial charge < -0.3 is 19.3 Å². The highest BCUT2D eigenvalue weighted by molar-refractivity contribution is 7.88. The van der Waals surface area contributed by atoms with Gasteiger partial charge in [0.2, 0.25) is 16.0 Å². The molecule has 8 nitrogen and oxygen atoms in total. The lowest BCUT2D eigenvalue weighted by Gasteiger charge is -2.29. The molecule has 0 aliphatic carbocycles. The summed E-state index contributed by atoms with van der Waals surface area (Å²) < 4.78 is 34.4. The van der Waals surface area contributed by atoms with E-state index in [0.717, 1.165) is 42.9 Å². The fourth-order valence-corrected chi connectivity index (χ4v) is 5.98. The van der Waals surface area contributed by atoms with Crippen molar-refractivity contribution in [2.75, 3.05) is 37.4 Å². The van der Waals surface area contributed by atoms with E-state index in [0.29, 0.717) is 13.1 Å². The molecule has 3 aliphatic rings. The lowest BCUT2D eigenvalue weighted by atomic mass is 9.74. The summed E-state index contributed by atoms with van der Waals surface area (Å²) in [6.07, 6.45) is 3.33. The van der Waals surface area contributed by atoms with Gasteiger partial charge >= 0.3 is 0 Å². The number of nitrogens with zero attached hydrogens (tertiary/aromatic N) is 3. The molecule has 0 amide bonds. The Balaban J connectivity index is 1.45. The number of hydrogen-bond donors (Lipinski definition) is 2. The molecule has 0 unspecified atom stereocenters. The van der Waals surface area contributed by atoms with Crippen LogP contribution in [0.25, 0.3) is 11.0 Å². The van der Waals surface area contributed by atoms with Crippen molar-refractivity contribution in [1.82, 2.24) is 14.3 Å². The number of aliphatic hydroxyl groups is 1. The molecule has 2 bridgehead atoms. The number of imidazole rings is 1. The summed E-state index contributed by atoms with van der Waals surface area (Å²) in [5, 5.41) is 9.56. The van der Waals surface area contributed by atoms with Crippen LogP contribution in [0.5, 0.6) is 0 Å². The first-order valence-electron chi connectivity index (χ1n) is 9.84. The summed E-state index contributed by atoms with van der Waals surface area (Å²) in [5.74, 6) is 1.33. The van der Waals surface area contributed by atoms with Crippen LogP contribution in [0, 0.1) is 11.8 Å². The topological polar surface area (TPSA) is 96.7 Å². The Kier molecular flexibility index (Phi) is 4.20. The van der Waals surface area contributed by atoms with Crippen LogP contribution in [0.15, 0.2) is 24.3 Å². The van der Waals surface area contributed by atoms with Crippen LogP contribution in [0.3, 0.4) is 0 Å². The number of nitrogens with one attached hydrogen (secondary N) is 1. The minimum atomic E-state index is -3.22. The molecule has 5 rings (SSSR count). The molecular weight excluding hydrogens is 380 g/mol. The summed E-state index contributed by atoms with van der Waals surface area (Å²) in [5.41, 5.74) is 1.72. The van der Waals surface area contributed by atoms with Crippen molar-refractivity contribution in [2.45, 2.75) is 31.1 Å². The fourth-order valence-electron chi connectivity index (χ4n) is 5.49. The van der Waals surface area contributed by atoms with Gasteiger partial charge in [-0.1, -0.05) is 12.1 Å². The van der Waals surface area contributed by atoms with Gasteiger partial charge in [0.15, 0.2) is 0 Å². The molecule has 4 heterocycles. The second-order valence-electron chi connectivity index (χ2n) is 8.31. The summed E-state index contributed by atoms with van der Waals surface area (Å²) >= 11 is 0. The minimum absolute atomic E-state index is 0.0508. The molecule has 3 aliphatic heterocycles. The molecule has 1 aromatic heterocycles. The van der Waals surface area contributed by atoms with Crippen molar-refractivity contribution in [3.63, 3.8) is 0 Å². The largest absolute Gasteiger partial charge is 0.395 e. The Labute approximate surface area is 164 Å². The maximum absolute atomic E-state index is 11.6. The number of sulfonamides is 1. The zero-order valence-corrected chi connectivity index (χ0v) is 16.7. The monoisotopic (exact) mass is 406 g/mol. The second-order valence-corrected chi connectivity index (χ2v) is 10.1. The maximum atomic E-state index is 11.6. The lowest BCUT2D eigenvalue weighted by Crippen LogP contribution is -2.41. The average molecular weight is 407 g/mol. The van der Waals surface area contributed by atoms with E-state index in [2.05, 4.69) is 14.2 Å². The Morgan fingerprint density at radius 3 is 3.00 bits per heavy atom. The second kappa shape index (κ2) is 6.41. The van der Waals surface area contributed by atoms with Crippen LogP contribution in [0.2, 0.25) is 0 Å². The van der Waals surface area contributed by atoms with Gasteiger partial charge in [0.25, 0.3) is 0 Å². The molecule has 4 atom stereocenters. The zero-order valence-electron chi connectivity index (χ0n) is 15.9. The molecule has 152 valence electrons. The smallest absolute Gasteiger partial charge is 0.208 e. The van der Waals surface area contributed by atoms with Gasteiger partial charge in [0.1, 0.15) is 0 Å². The van der Waals surface area contributed by atoms with Crippen LogP contribution in [-0.4, -0.2) is 67.3 Å². The van der Waals surface area contributed by atoms with Crippen LogP contribution < -0.4 is 9.62 Å². The number of rotatable bonds is 6. The number of fused-ring (bicyclic) bond motifs is 2. The highest BCUT2D eigenvalue weighted by Crippen LogP contribution is 2.55. The molecule has 3 saturated heterocycles. The number of hydrogen-bond acceptors (Lipinski definition) is 6. The SMILES string of the molecule is CS(=O)(=O)NC[C@H]1[C@H]2CN(c3nc4ccccc4n3CCO)C[C@]23CC[C@H]1O3. The summed E-state index contributed by atoms with van der Waals surface area (Å²) in [4.78, 5) is 7.10. The Morgan fingerprint density at radius 1 is 1.39 bits per heavy atom. The Morgan fingerprint density at radius 2 is 2.21 bits per heavy atom. The van der Waals surface area contributed by atoms with E-state index in [1.807, 2.05) is 24.3 Å². The third-order valence-corrected chi connectivity index (χ3v) is 7.30. The standard InChI is InChI=1S/C19H26N4O4S/c1-28(25,26)20-10-13-14-11-22(12-19(14)7-6-17(13)27-19)18-21-15-4-2-3-5-16(15)23(18)8-9-24/h2-5,13-14,17,20,24H,6-12H2,1H3/t13-,14+,17+,19+/m0/s1. The lowest BCUT2D eigenvalue weighted by molar-refractivity contribution is 0.0141. The fraction of sp³-hybridized carbons (Fsp3) is 0.632. The van der Waals surface area contributed by atoms with Crippen LogP contribution in [0.1, 0.15) is 12.8 Å². The molecule has 2 aromatic rings. The van der Waals surface area contributed by atoms with Gasteiger partial charge in [-0.05, 0) is 25.0 Å². The van der Waals surface area contributed by atoms with Gasteiger partial charge in [0.05, 0.1) is 42.1 Å². The highest BCUT2D eigenvalue weighted by atomic mass is 32.2. The Hall–Kier alpha value is -1.68. The van der Waals surface area contributed by atoms with Crippen LogP contribution >= 0.6 is 0 Å². The third-order valence-electron chi connectivity index (χ3n) is 6.61. The van der Waals surface area contributed by atoms with E-state index in [1.165, 1.54) is 6.26 Å². The molecule has 3 fully saturated rings. The van der Waals surface area contributed by atoms with Crippen LogP contribution in [0.4, 0.5) is 5.95 Å². The van der Waals surface area contributed by atoms with E-state index in [9.17, 15) is 13.5 Å². The Bertz CT molecular complexity index is 1010. The summed E-state index contributed by atoms with van der Waals surface area (Å²) in [6.45, 7) is 2.53. The van der Waals surface area contributed by atoms with Gasteiger partial charge in [0, 0.05) is 31.5 Å². The molecule has 1 spiro atoms. The predicted molar refractivity (Wildman–Crippen MR) is 106 cm³/mol. The predicted octanol–water partition coefficient (Wildman–Crippen LogP) is 0.562. The van der Waals surface area contributed by atoms with Crippen LogP contribution in [-0.2, 0) is 21.3 Å². The van der Waals surface area contributed by atoms with Crippen molar-refractivity contribution in [1.29, 1.82) is 0 Å². The van der Waals surface area contributed by atoms with E-state index < -0.39 is 10.0 Å². The van der Waals surface area contributed by atoms with Gasteiger partial charge in [-0.15, -0.1) is 0 Å². The van der Waals surface area contributed by atoms with Crippen molar-refractivity contribution in [3.05, 3.63) is 24.3 Å². The van der Waals surface area contributed by atoms with Crippen molar-refractivity contribution >= 4 is 27.0 Å². The molecule has 9 heteroatoms. The van der Waals surface area contributed by atoms with Gasteiger partial charge in [-0.3, -0.25) is 0 Å². The first kappa shape index (κ1) is 18.4. The van der Waals surface area contributed by atoms with E-state index in [1.54, 1.807) is 0 Å². The molecule has 28 heavy (non-hydrogen) atoms. The van der Waals surface area contributed by atoms with E-state index >= 15 is 0 Å². The van der Waals surface area contributed by atoms with Gasteiger partial charge in [-0.25, -0.2) is 18.1 Å². The van der Waals surface area contributed by atoms with Crippen molar-refractivity contribution in [2.24, 2.45) is 11.8 Å². The molecular formula is C19H26N4O4S. The maximum Gasteiger partial charge on any atom is 0.208 e. The summed E-state index contributed by atoms with van der Waals surface area (Å²) in [7, 11) is -3.22. The molecule has 1 aromatic carbocycles. The van der Waals surface area contributed by atoms with Crippen molar-refractivity contribution in [3.8, 4) is 0 Å². The molecule has 0 radical (unpaired) electrons. The first-order valence-corrected chi connectivity index (χ1v) is 11.7. The molecule has 2 N–H and O–H groups in total. The average Bonchev–Trinajstić information content (AvgIpc) is 3.37. The highest BCUT2D eigenvalue weighted by Gasteiger charge is 2.63. The van der Waals surface area contributed by atoms with Gasteiger partial charge in [-0.2, -0.15) is 0 Å². The molecule has 0 saturated carbocycles. The quantitative estimate of drug-likeness (QED) is 0.728. The normalized spacial score (nSPS) is 31.8. The summed E-state index contributed by atoms with van der Waals surface area (Å²) in [6, 6.07) is 7.97. The first-order chi connectivity index (χ1) is 13.4. The van der Waals surface area contributed by atoms with E-state index in [4.69, 9.17) is 9.72 Å². The van der Waals surface area contributed by atoms with E-state index in [-0.39, 0.29) is 30.1 Å². The number of benzene rings is 1. The van der Waals surface area contributed by atoms with Crippen molar-refractivity contribution < 1.29 is 18.3 Å².